The van der Waals surface area contributed by atoms with Crippen LogP contribution in [0.5, 0.6) is 0 Å². The number of hydrogen-bond acceptors (Lipinski definition) is 4. The molecule has 2 heterocycles. The summed E-state index contributed by atoms with van der Waals surface area (Å²) in [5.74, 6) is 0.472. The first-order valence-corrected chi connectivity index (χ1v) is 4.26. The van der Waals surface area contributed by atoms with Crippen LogP contribution in [-0.4, -0.2) is 25.8 Å². The largest absolute Gasteiger partial charge is 0.350 e. The summed E-state index contributed by atoms with van der Waals surface area (Å²) in [6, 6.07) is -0.802. The Bertz CT molecular complexity index is 609. The number of carbonyl (C=O) groups is 1. The average molecular weight is 207 g/mol. The van der Waals surface area contributed by atoms with Crippen molar-refractivity contribution in [2.24, 2.45) is 5.73 Å². The molecule has 0 aliphatic rings. The van der Waals surface area contributed by atoms with Crippen LogP contribution in [0.25, 0.3) is 11.0 Å². The van der Waals surface area contributed by atoms with Gasteiger partial charge in [0, 0.05) is 0 Å². The molecule has 0 bridgehead atoms. The van der Waals surface area contributed by atoms with Gasteiger partial charge in [-0.3, -0.25) is 4.79 Å². The second kappa shape index (κ2) is 2.91. The van der Waals surface area contributed by atoms with Crippen LogP contribution >= 0.6 is 0 Å². The quantitative estimate of drug-likeness (QED) is 0.616. The zero-order valence-electron chi connectivity index (χ0n) is 8.24. The Kier molecular flexibility index (Phi) is 1.82. The fraction of sp³-hybridized carbons (Fsp3) is 0.250. The molecule has 1 amide bonds. The number of aromatic amines is 1. The predicted molar refractivity (Wildman–Crippen MR) is 52.6 cm³/mol. The van der Waals surface area contributed by atoms with E-state index < -0.39 is 11.6 Å². The van der Waals surface area contributed by atoms with Crippen molar-refractivity contribution in [1.29, 1.82) is 0 Å². The van der Waals surface area contributed by atoms with Gasteiger partial charge >= 0.3 is 6.03 Å². The fourth-order valence-electron chi connectivity index (χ4n) is 1.44. The number of amides is 1. The van der Waals surface area contributed by atoms with Gasteiger partial charge in [0.2, 0.25) is 0 Å². The highest BCUT2D eigenvalue weighted by atomic mass is 16.2. The highest BCUT2D eigenvalue weighted by Gasteiger charge is 2.15. The van der Waals surface area contributed by atoms with E-state index in [1.54, 1.807) is 13.8 Å². The number of nitrogens with one attached hydrogen (secondary N) is 1. The Morgan fingerprint density at radius 2 is 2.13 bits per heavy atom. The van der Waals surface area contributed by atoms with E-state index >= 15 is 0 Å². The van der Waals surface area contributed by atoms with Gasteiger partial charge in [-0.25, -0.2) is 9.78 Å². The molecule has 0 aromatic carbocycles. The van der Waals surface area contributed by atoms with E-state index in [0.29, 0.717) is 17.0 Å². The van der Waals surface area contributed by atoms with Crippen LogP contribution in [0.1, 0.15) is 11.5 Å². The molecule has 0 aliphatic heterocycles. The molecule has 78 valence electrons. The zero-order chi connectivity index (χ0) is 11.2. The summed E-state index contributed by atoms with van der Waals surface area (Å²) < 4.78 is 0.857. The van der Waals surface area contributed by atoms with Crippen molar-refractivity contribution in [2.75, 3.05) is 0 Å². The van der Waals surface area contributed by atoms with Gasteiger partial charge in [-0.05, 0) is 13.8 Å². The van der Waals surface area contributed by atoms with Gasteiger partial charge in [-0.1, -0.05) is 0 Å². The van der Waals surface area contributed by atoms with Crippen LogP contribution in [-0.2, 0) is 0 Å². The first kappa shape index (κ1) is 9.38. The van der Waals surface area contributed by atoms with Crippen LogP contribution in [0.15, 0.2) is 4.79 Å². The first-order chi connectivity index (χ1) is 7.00. The lowest BCUT2D eigenvalue weighted by Crippen LogP contribution is -2.24. The Labute approximate surface area is 83.9 Å². The Balaban J connectivity index is 3.00. The Morgan fingerprint density at radius 1 is 1.47 bits per heavy atom. The minimum absolute atomic E-state index is 0.0885. The maximum Gasteiger partial charge on any atom is 0.340 e. The summed E-state index contributed by atoms with van der Waals surface area (Å²) >= 11 is 0. The first-order valence-electron chi connectivity index (χ1n) is 4.26. The summed E-state index contributed by atoms with van der Waals surface area (Å²) in [7, 11) is 0. The second-order valence-corrected chi connectivity index (χ2v) is 3.18. The molecule has 3 N–H and O–H groups in total. The van der Waals surface area contributed by atoms with Crippen molar-refractivity contribution in [3.8, 4) is 0 Å². The maximum atomic E-state index is 11.6. The van der Waals surface area contributed by atoms with E-state index in [0.717, 1.165) is 4.68 Å². The number of hydrogen-bond donors (Lipinski definition) is 2. The molecule has 15 heavy (non-hydrogen) atoms. The molecule has 0 atom stereocenters. The van der Waals surface area contributed by atoms with Gasteiger partial charge in [-0.2, -0.15) is 9.78 Å². The minimum atomic E-state index is -0.802. The number of aromatic nitrogens is 4. The van der Waals surface area contributed by atoms with Crippen molar-refractivity contribution in [3.05, 3.63) is 21.9 Å². The molecule has 7 nitrogen and oxygen atoms in total. The molecule has 0 unspecified atom stereocenters. The molecular weight excluding hydrogens is 198 g/mol. The number of rotatable bonds is 0. The predicted octanol–water partition coefficient (Wildman–Crippen LogP) is -0.337. The third kappa shape index (κ3) is 1.28. The van der Waals surface area contributed by atoms with Crippen LogP contribution in [0, 0.1) is 13.8 Å². The topological polar surface area (TPSA) is 107 Å². The SMILES string of the molecule is Cc1nc2c(C)nn(C(N)=O)c2c(=O)[nH]1. The second-order valence-electron chi connectivity index (χ2n) is 3.18. The highest BCUT2D eigenvalue weighted by Crippen LogP contribution is 2.10. The molecule has 2 rings (SSSR count). The number of aryl methyl sites for hydroxylation is 2. The molecule has 0 fully saturated rings. The summed E-state index contributed by atoms with van der Waals surface area (Å²) in [6.07, 6.45) is 0. The van der Waals surface area contributed by atoms with Crippen LogP contribution in [0.3, 0.4) is 0 Å². The fourth-order valence-corrected chi connectivity index (χ4v) is 1.44. The van der Waals surface area contributed by atoms with Crippen molar-refractivity contribution in [3.63, 3.8) is 0 Å². The van der Waals surface area contributed by atoms with Crippen molar-refractivity contribution < 1.29 is 4.79 Å². The molecule has 2 aromatic rings. The third-order valence-electron chi connectivity index (χ3n) is 2.03. The van der Waals surface area contributed by atoms with Crippen LogP contribution in [0.4, 0.5) is 4.79 Å². The summed E-state index contributed by atoms with van der Waals surface area (Å²) in [5, 5.41) is 3.85. The monoisotopic (exact) mass is 207 g/mol. The zero-order valence-corrected chi connectivity index (χ0v) is 8.24. The van der Waals surface area contributed by atoms with Gasteiger partial charge < -0.3 is 10.7 Å². The van der Waals surface area contributed by atoms with E-state index in [2.05, 4.69) is 15.1 Å². The number of carbonyl (C=O) groups excluding carboxylic acids is 1. The highest BCUT2D eigenvalue weighted by molar-refractivity contribution is 5.88. The Hall–Kier alpha value is -2.18. The lowest BCUT2D eigenvalue weighted by molar-refractivity contribution is 0.248. The minimum Gasteiger partial charge on any atom is -0.350 e. The van der Waals surface area contributed by atoms with E-state index in [1.807, 2.05) is 0 Å². The molecule has 2 aromatic heterocycles. The summed E-state index contributed by atoms with van der Waals surface area (Å²) in [5.41, 5.74) is 5.65. The molecular formula is C8H9N5O2. The van der Waals surface area contributed by atoms with E-state index in [4.69, 9.17) is 5.73 Å². The molecule has 0 radical (unpaired) electrons. The normalized spacial score (nSPS) is 10.8. The van der Waals surface area contributed by atoms with E-state index in [-0.39, 0.29) is 5.52 Å². The number of H-pyrrole nitrogens is 1. The van der Waals surface area contributed by atoms with Gasteiger partial charge in [0.25, 0.3) is 5.56 Å². The number of primary amides is 1. The van der Waals surface area contributed by atoms with E-state index in [9.17, 15) is 9.59 Å². The number of nitrogens with zero attached hydrogens (tertiary/aromatic N) is 3. The number of fused-ring (bicyclic) bond motifs is 1. The summed E-state index contributed by atoms with van der Waals surface area (Å²) in [4.78, 5) is 29.2. The number of nitrogens with two attached hydrogens (primary N) is 1. The average Bonchev–Trinajstić information content (AvgIpc) is 2.44. The van der Waals surface area contributed by atoms with Gasteiger partial charge in [0.1, 0.15) is 11.3 Å². The molecule has 0 saturated heterocycles. The maximum absolute atomic E-state index is 11.6. The molecule has 0 spiro atoms. The lowest BCUT2D eigenvalue weighted by atomic mass is 10.3. The lowest BCUT2D eigenvalue weighted by Gasteiger charge is -1.95. The van der Waals surface area contributed by atoms with Crippen LogP contribution < -0.4 is 11.3 Å². The van der Waals surface area contributed by atoms with Crippen molar-refractivity contribution >= 4 is 17.1 Å². The van der Waals surface area contributed by atoms with Gasteiger partial charge in [0.15, 0.2) is 5.52 Å². The molecule has 0 aliphatic carbocycles. The van der Waals surface area contributed by atoms with Gasteiger partial charge in [0.05, 0.1) is 5.69 Å². The van der Waals surface area contributed by atoms with Gasteiger partial charge in [-0.15, -0.1) is 0 Å². The summed E-state index contributed by atoms with van der Waals surface area (Å²) in [6.45, 7) is 3.32. The van der Waals surface area contributed by atoms with Crippen molar-refractivity contribution in [2.45, 2.75) is 13.8 Å². The van der Waals surface area contributed by atoms with E-state index in [1.165, 1.54) is 0 Å². The molecule has 7 heteroatoms. The third-order valence-corrected chi connectivity index (χ3v) is 2.03. The Morgan fingerprint density at radius 3 is 2.73 bits per heavy atom. The smallest absolute Gasteiger partial charge is 0.340 e. The standard InChI is InChI=1S/C8H9N5O2/c1-3-5-6(13(12-3)8(9)15)7(14)11-4(2)10-5/h1-2H3,(H2,9,15)(H,10,11,14). The molecule has 0 saturated carbocycles. The van der Waals surface area contributed by atoms with Crippen molar-refractivity contribution in [1.82, 2.24) is 19.7 Å². The van der Waals surface area contributed by atoms with Crippen LogP contribution in [0.2, 0.25) is 0 Å².